The molecule has 1 N–H and O–H groups in total. The number of rotatable bonds is 4. The summed E-state index contributed by atoms with van der Waals surface area (Å²) in [5.41, 5.74) is 1.82. The first-order chi connectivity index (χ1) is 11.5. The molecule has 2 aromatic carbocycles. The fourth-order valence-corrected chi connectivity index (χ4v) is 3.04. The SMILES string of the molecule is CC(NC(=O)C1CC(=O)N(c2ccc(Cl)cc2)C1)c1ccccc1. The summed E-state index contributed by atoms with van der Waals surface area (Å²) in [5.74, 6) is -0.458. The van der Waals surface area contributed by atoms with Crippen molar-refractivity contribution in [1.82, 2.24) is 5.32 Å². The Kier molecular flexibility index (Phi) is 4.86. The summed E-state index contributed by atoms with van der Waals surface area (Å²) in [4.78, 5) is 26.4. The number of nitrogens with one attached hydrogen (secondary N) is 1. The van der Waals surface area contributed by atoms with Gasteiger partial charge in [-0.15, -0.1) is 0 Å². The Balaban J connectivity index is 1.64. The summed E-state index contributed by atoms with van der Waals surface area (Å²) >= 11 is 5.88. The van der Waals surface area contributed by atoms with E-state index in [1.165, 1.54) is 0 Å². The molecule has 1 aliphatic heterocycles. The van der Waals surface area contributed by atoms with Crippen LogP contribution in [0.25, 0.3) is 0 Å². The zero-order valence-corrected chi connectivity index (χ0v) is 14.2. The summed E-state index contributed by atoms with van der Waals surface area (Å²) in [6.07, 6.45) is 0.232. The maximum absolute atomic E-state index is 12.5. The number of benzene rings is 2. The fraction of sp³-hybridized carbons (Fsp3) is 0.263. The van der Waals surface area contributed by atoms with E-state index in [1.807, 2.05) is 37.3 Å². The van der Waals surface area contributed by atoms with Crippen LogP contribution in [0.1, 0.15) is 24.9 Å². The quantitative estimate of drug-likeness (QED) is 0.923. The van der Waals surface area contributed by atoms with Gasteiger partial charge in [0.15, 0.2) is 0 Å². The van der Waals surface area contributed by atoms with E-state index in [0.717, 1.165) is 11.3 Å². The Bertz CT molecular complexity index is 731. The average Bonchev–Trinajstić information content (AvgIpc) is 2.98. The third-order valence-electron chi connectivity index (χ3n) is 4.29. The summed E-state index contributed by atoms with van der Waals surface area (Å²) < 4.78 is 0. The van der Waals surface area contributed by atoms with Gasteiger partial charge in [-0.25, -0.2) is 0 Å². The monoisotopic (exact) mass is 342 g/mol. The lowest BCUT2D eigenvalue weighted by atomic mass is 10.1. The van der Waals surface area contributed by atoms with Gasteiger partial charge in [-0.2, -0.15) is 0 Å². The van der Waals surface area contributed by atoms with Gasteiger partial charge in [-0.3, -0.25) is 9.59 Å². The number of anilines is 1. The van der Waals surface area contributed by atoms with Crippen molar-refractivity contribution in [3.63, 3.8) is 0 Å². The zero-order chi connectivity index (χ0) is 17.1. The highest BCUT2D eigenvalue weighted by Gasteiger charge is 2.35. The highest BCUT2D eigenvalue weighted by Crippen LogP contribution is 2.27. The molecule has 2 unspecified atom stereocenters. The third kappa shape index (κ3) is 3.60. The van der Waals surface area contributed by atoms with Crippen molar-refractivity contribution in [1.29, 1.82) is 0 Å². The Labute approximate surface area is 146 Å². The number of carbonyl (C=O) groups is 2. The second-order valence-corrected chi connectivity index (χ2v) is 6.46. The lowest BCUT2D eigenvalue weighted by Crippen LogP contribution is -2.34. The van der Waals surface area contributed by atoms with Crippen molar-refractivity contribution >= 4 is 29.1 Å². The lowest BCUT2D eigenvalue weighted by molar-refractivity contribution is -0.126. The third-order valence-corrected chi connectivity index (χ3v) is 4.54. The molecule has 0 aromatic heterocycles. The van der Waals surface area contributed by atoms with Crippen molar-refractivity contribution in [2.75, 3.05) is 11.4 Å². The second kappa shape index (κ2) is 7.05. The average molecular weight is 343 g/mol. The van der Waals surface area contributed by atoms with E-state index in [4.69, 9.17) is 11.6 Å². The van der Waals surface area contributed by atoms with Gasteiger partial charge in [-0.05, 0) is 36.8 Å². The van der Waals surface area contributed by atoms with Crippen LogP contribution in [-0.2, 0) is 9.59 Å². The van der Waals surface area contributed by atoms with Crippen molar-refractivity contribution in [3.05, 3.63) is 65.2 Å². The molecule has 0 spiro atoms. The summed E-state index contributed by atoms with van der Waals surface area (Å²) in [6.45, 7) is 2.34. The van der Waals surface area contributed by atoms with E-state index >= 15 is 0 Å². The van der Waals surface area contributed by atoms with Crippen molar-refractivity contribution in [2.45, 2.75) is 19.4 Å². The van der Waals surface area contributed by atoms with Gasteiger partial charge in [0.25, 0.3) is 0 Å². The minimum atomic E-state index is -0.334. The van der Waals surface area contributed by atoms with Crippen LogP contribution >= 0.6 is 11.6 Å². The molecule has 0 saturated carbocycles. The number of hydrogen-bond acceptors (Lipinski definition) is 2. The molecule has 0 bridgehead atoms. The maximum Gasteiger partial charge on any atom is 0.227 e. The van der Waals surface area contributed by atoms with Gasteiger partial charge < -0.3 is 10.2 Å². The van der Waals surface area contributed by atoms with E-state index in [2.05, 4.69) is 5.32 Å². The van der Waals surface area contributed by atoms with E-state index < -0.39 is 0 Å². The summed E-state index contributed by atoms with van der Waals surface area (Å²) in [6, 6.07) is 16.8. The van der Waals surface area contributed by atoms with Crippen LogP contribution in [0.2, 0.25) is 5.02 Å². The molecule has 1 aliphatic rings. The van der Waals surface area contributed by atoms with E-state index in [9.17, 15) is 9.59 Å². The van der Waals surface area contributed by atoms with Gasteiger partial charge >= 0.3 is 0 Å². The molecule has 5 heteroatoms. The predicted octanol–water partition coefficient (Wildman–Crippen LogP) is 3.57. The van der Waals surface area contributed by atoms with Gasteiger partial charge in [-0.1, -0.05) is 41.9 Å². The lowest BCUT2D eigenvalue weighted by Gasteiger charge is -2.19. The molecule has 2 aromatic rings. The molecule has 1 fully saturated rings. The Hall–Kier alpha value is -2.33. The molecular formula is C19H19ClN2O2. The van der Waals surface area contributed by atoms with Crippen LogP contribution in [-0.4, -0.2) is 18.4 Å². The normalized spacial score (nSPS) is 18.5. The van der Waals surface area contributed by atoms with Crippen LogP contribution < -0.4 is 10.2 Å². The van der Waals surface area contributed by atoms with Gasteiger partial charge in [0, 0.05) is 23.7 Å². The first kappa shape index (κ1) is 16.5. The van der Waals surface area contributed by atoms with E-state index in [-0.39, 0.29) is 30.2 Å². The first-order valence-corrected chi connectivity index (χ1v) is 8.33. The van der Waals surface area contributed by atoms with Crippen LogP contribution in [0.15, 0.2) is 54.6 Å². The van der Waals surface area contributed by atoms with Gasteiger partial charge in [0.1, 0.15) is 0 Å². The number of nitrogens with zero attached hydrogens (tertiary/aromatic N) is 1. The number of halogens is 1. The van der Waals surface area contributed by atoms with Gasteiger partial charge in [0.2, 0.25) is 11.8 Å². The molecule has 0 radical (unpaired) electrons. The summed E-state index contributed by atoms with van der Waals surface area (Å²) in [5, 5.41) is 3.62. The van der Waals surface area contributed by atoms with Crippen molar-refractivity contribution in [2.24, 2.45) is 5.92 Å². The fourth-order valence-electron chi connectivity index (χ4n) is 2.91. The molecule has 24 heavy (non-hydrogen) atoms. The molecule has 124 valence electrons. The summed E-state index contributed by atoms with van der Waals surface area (Å²) in [7, 11) is 0. The van der Waals surface area contributed by atoms with E-state index in [1.54, 1.807) is 29.2 Å². The molecule has 2 atom stereocenters. The van der Waals surface area contributed by atoms with Gasteiger partial charge in [0.05, 0.1) is 12.0 Å². The van der Waals surface area contributed by atoms with Crippen LogP contribution in [0, 0.1) is 5.92 Å². The molecule has 0 aliphatic carbocycles. The molecule has 3 rings (SSSR count). The highest BCUT2D eigenvalue weighted by molar-refractivity contribution is 6.30. The minimum Gasteiger partial charge on any atom is -0.349 e. The molecule has 1 saturated heterocycles. The van der Waals surface area contributed by atoms with Crippen molar-refractivity contribution < 1.29 is 9.59 Å². The predicted molar refractivity (Wildman–Crippen MR) is 94.9 cm³/mol. The van der Waals surface area contributed by atoms with E-state index in [0.29, 0.717) is 11.6 Å². The largest absolute Gasteiger partial charge is 0.349 e. The Morgan fingerprint density at radius 1 is 1.17 bits per heavy atom. The Morgan fingerprint density at radius 3 is 2.50 bits per heavy atom. The maximum atomic E-state index is 12.5. The number of carbonyl (C=O) groups excluding carboxylic acids is 2. The molecule has 2 amide bonds. The first-order valence-electron chi connectivity index (χ1n) is 7.96. The number of amides is 2. The van der Waals surface area contributed by atoms with Crippen molar-refractivity contribution in [3.8, 4) is 0 Å². The topological polar surface area (TPSA) is 49.4 Å². The molecule has 4 nitrogen and oxygen atoms in total. The zero-order valence-electron chi connectivity index (χ0n) is 13.4. The molecular weight excluding hydrogens is 324 g/mol. The Morgan fingerprint density at radius 2 is 1.83 bits per heavy atom. The minimum absolute atomic E-state index is 0.0372. The second-order valence-electron chi connectivity index (χ2n) is 6.02. The smallest absolute Gasteiger partial charge is 0.227 e. The highest BCUT2D eigenvalue weighted by atomic mass is 35.5. The van der Waals surface area contributed by atoms with Crippen LogP contribution in [0.4, 0.5) is 5.69 Å². The van der Waals surface area contributed by atoms with Crippen LogP contribution in [0.5, 0.6) is 0 Å². The molecule has 1 heterocycles. The number of hydrogen-bond donors (Lipinski definition) is 1. The van der Waals surface area contributed by atoms with Crippen LogP contribution in [0.3, 0.4) is 0 Å². The standard InChI is InChI=1S/C19H19ClN2O2/c1-13(14-5-3-2-4-6-14)21-19(24)15-11-18(23)22(12-15)17-9-7-16(20)8-10-17/h2-10,13,15H,11-12H2,1H3,(H,21,24).